The highest BCUT2D eigenvalue weighted by Crippen LogP contribution is 2.22. The van der Waals surface area contributed by atoms with Crippen LogP contribution in [0.5, 0.6) is 0 Å². The molecule has 70 valence electrons. The van der Waals surface area contributed by atoms with Crippen molar-refractivity contribution in [3.63, 3.8) is 0 Å². The molecule has 0 radical (unpaired) electrons. The molecule has 0 spiro atoms. The van der Waals surface area contributed by atoms with Crippen LogP contribution in [0.1, 0.15) is 13.3 Å². The first-order chi connectivity index (χ1) is 5.57. The van der Waals surface area contributed by atoms with Crippen LogP contribution in [0.3, 0.4) is 0 Å². The maximum Gasteiger partial charge on any atom is 0.309 e. The quantitative estimate of drug-likeness (QED) is 0.602. The fourth-order valence-corrected chi connectivity index (χ4v) is 1.96. The van der Waals surface area contributed by atoms with Crippen molar-refractivity contribution >= 4 is 5.97 Å². The lowest BCUT2D eigenvalue weighted by molar-refractivity contribution is -0.141. The Bertz CT molecular complexity index is 184. The molecule has 3 atom stereocenters. The van der Waals surface area contributed by atoms with Gasteiger partial charge in [-0.2, -0.15) is 0 Å². The van der Waals surface area contributed by atoms with Gasteiger partial charge in [0, 0.05) is 18.6 Å². The minimum atomic E-state index is -0.773. The number of nitrogens with two attached hydrogens (primary N) is 1. The number of carbonyl (C=O) groups is 1. The molecule has 12 heavy (non-hydrogen) atoms. The van der Waals surface area contributed by atoms with Crippen LogP contribution in [-0.4, -0.2) is 41.7 Å². The van der Waals surface area contributed by atoms with Gasteiger partial charge in [-0.3, -0.25) is 4.79 Å². The number of rotatable bonds is 2. The molecule has 4 heteroatoms. The highest BCUT2D eigenvalue weighted by atomic mass is 16.4. The van der Waals surface area contributed by atoms with E-state index in [1.165, 1.54) is 0 Å². The van der Waals surface area contributed by atoms with E-state index in [0.717, 1.165) is 6.42 Å². The number of likely N-dealkylation sites (N-methyl/N-ethyl adjacent to an activating group) is 1. The average molecular weight is 172 g/mol. The first kappa shape index (κ1) is 9.48. The van der Waals surface area contributed by atoms with E-state index in [1.54, 1.807) is 0 Å². The van der Waals surface area contributed by atoms with Crippen LogP contribution in [0.15, 0.2) is 0 Å². The monoisotopic (exact) mass is 172 g/mol. The number of nitrogens with zero attached hydrogens (tertiary/aromatic N) is 1. The zero-order valence-corrected chi connectivity index (χ0v) is 7.53. The Morgan fingerprint density at radius 2 is 2.33 bits per heavy atom. The van der Waals surface area contributed by atoms with Gasteiger partial charge >= 0.3 is 5.97 Å². The lowest BCUT2D eigenvalue weighted by Gasteiger charge is -2.20. The summed E-state index contributed by atoms with van der Waals surface area (Å²) in [6.45, 7) is 2.61. The molecule has 0 saturated carbocycles. The van der Waals surface area contributed by atoms with Crippen molar-refractivity contribution in [3.8, 4) is 0 Å². The Morgan fingerprint density at radius 3 is 2.58 bits per heavy atom. The van der Waals surface area contributed by atoms with E-state index >= 15 is 0 Å². The molecule has 0 aromatic carbocycles. The highest BCUT2D eigenvalue weighted by Gasteiger charge is 2.40. The first-order valence-corrected chi connectivity index (χ1v) is 4.26. The lowest BCUT2D eigenvalue weighted by Crippen LogP contribution is -2.40. The molecule has 1 aliphatic heterocycles. The Hall–Kier alpha value is -0.610. The summed E-state index contributed by atoms with van der Waals surface area (Å²) in [7, 11) is 1.93. The first-order valence-electron chi connectivity index (χ1n) is 4.26. The van der Waals surface area contributed by atoms with Gasteiger partial charge in [0.2, 0.25) is 0 Å². The largest absolute Gasteiger partial charge is 0.481 e. The fraction of sp³-hybridized carbons (Fsp3) is 0.875. The van der Waals surface area contributed by atoms with E-state index in [4.69, 9.17) is 10.8 Å². The van der Waals surface area contributed by atoms with Gasteiger partial charge in [0.15, 0.2) is 0 Å². The van der Waals surface area contributed by atoms with Crippen LogP contribution in [0, 0.1) is 5.92 Å². The van der Waals surface area contributed by atoms with Crippen molar-refractivity contribution in [2.45, 2.75) is 25.4 Å². The Kier molecular flexibility index (Phi) is 2.69. The molecular formula is C8H16N2O2. The molecule has 3 N–H and O–H groups in total. The van der Waals surface area contributed by atoms with Gasteiger partial charge in [0.1, 0.15) is 0 Å². The van der Waals surface area contributed by atoms with Gasteiger partial charge in [0.25, 0.3) is 0 Å². The van der Waals surface area contributed by atoms with E-state index in [0.29, 0.717) is 6.54 Å². The van der Waals surface area contributed by atoms with Gasteiger partial charge in [-0.05, 0) is 13.5 Å². The fourth-order valence-electron chi connectivity index (χ4n) is 1.96. The number of likely N-dealkylation sites (tertiary alicyclic amines) is 1. The molecule has 3 unspecified atom stereocenters. The Labute approximate surface area is 72.3 Å². The molecule has 1 heterocycles. The van der Waals surface area contributed by atoms with E-state index in [1.807, 2.05) is 18.9 Å². The highest BCUT2D eigenvalue weighted by molar-refractivity contribution is 5.71. The maximum absolute atomic E-state index is 10.7. The molecule has 0 aromatic rings. The summed E-state index contributed by atoms with van der Waals surface area (Å²) in [6, 6.07) is 0.0172. The Balaban J connectivity index is 2.68. The van der Waals surface area contributed by atoms with Crippen molar-refractivity contribution in [2.75, 3.05) is 13.6 Å². The van der Waals surface area contributed by atoms with Crippen molar-refractivity contribution < 1.29 is 9.90 Å². The van der Waals surface area contributed by atoms with Crippen LogP contribution < -0.4 is 5.73 Å². The molecule has 1 aliphatic rings. The molecule has 1 saturated heterocycles. The average Bonchev–Trinajstić information content (AvgIpc) is 2.27. The van der Waals surface area contributed by atoms with Crippen LogP contribution in [-0.2, 0) is 4.79 Å². The van der Waals surface area contributed by atoms with Crippen molar-refractivity contribution in [1.82, 2.24) is 4.90 Å². The number of carboxylic acid groups (broad SMARTS) is 1. The standard InChI is InChI=1S/C8H16N2O2/c1-3-6-7(9)5(8(11)12)4-10(6)2/h5-7H,3-4,9H2,1-2H3,(H,11,12). The van der Waals surface area contributed by atoms with Gasteiger partial charge in [0.05, 0.1) is 5.92 Å². The summed E-state index contributed by atoms with van der Waals surface area (Å²) in [4.78, 5) is 12.7. The second-order valence-corrected chi connectivity index (χ2v) is 3.44. The number of hydrogen-bond donors (Lipinski definition) is 2. The van der Waals surface area contributed by atoms with E-state index in [-0.39, 0.29) is 18.0 Å². The van der Waals surface area contributed by atoms with E-state index < -0.39 is 5.97 Å². The smallest absolute Gasteiger partial charge is 0.309 e. The number of hydrogen-bond acceptors (Lipinski definition) is 3. The summed E-state index contributed by atoms with van der Waals surface area (Å²) >= 11 is 0. The minimum Gasteiger partial charge on any atom is -0.481 e. The van der Waals surface area contributed by atoms with Crippen molar-refractivity contribution in [2.24, 2.45) is 11.7 Å². The molecule has 0 aliphatic carbocycles. The molecule has 0 bridgehead atoms. The zero-order valence-electron chi connectivity index (χ0n) is 7.53. The third-order valence-corrected chi connectivity index (χ3v) is 2.70. The number of carboxylic acids is 1. The summed E-state index contributed by atoms with van der Waals surface area (Å²) < 4.78 is 0. The molecule has 4 nitrogen and oxygen atoms in total. The predicted octanol–water partition coefficient (Wildman–Crippen LogP) is -0.261. The van der Waals surface area contributed by atoms with Crippen LogP contribution in [0.25, 0.3) is 0 Å². The normalized spacial score (nSPS) is 37.1. The van der Waals surface area contributed by atoms with Gasteiger partial charge in [-0.25, -0.2) is 0 Å². The molecule has 0 aromatic heterocycles. The number of aliphatic carboxylic acids is 1. The van der Waals surface area contributed by atoms with Crippen LogP contribution in [0.2, 0.25) is 0 Å². The second-order valence-electron chi connectivity index (χ2n) is 3.44. The summed E-state index contributed by atoms with van der Waals surface area (Å²) in [6.07, 6.45) is 0.918. The summed E-state index contributed by atoms with van der Waals surface area (Å²) in [5, 5.41) is 8.81. The minimum absolute atomic E-state index is 0.211. The maximum atomic E-state index is 10.7. The van der Waals surface area contributed by atoms with Gasteiger partial charge in [-0.1, -0.05) is 6.92 Å². The molecule has 1 fully saturated rings. The van der Waals surface area contributed by atoms with Gasteiger partial charge < -0.3 is 15.7 Å². The van der Waals surface area contributed by atoms with Crippen molar-refractivity contribution in [3.05, 3.63) is 0 Å². The van der Waals surface area contributed by atoms with Crippen LogP contribution in [0.4, 0.5) is 0 Å². The van der Waals surface area contributed by atoms with Crippen molar-refractivity contribution in [1.29, 1.82) is 0 Å². The molecule has 1 rings (SSSR count). The molecular weight excluding hydrogens is 156 g/mol. The van der Waals surface area contributed by atoms with Gasteiger partial charge in [-0.15, -0.1) is 0 Å². The summed E-state index contributed by atoms with van der Waals surface area (Å²) in [5.74, 6) is -1.16. The Morgan fingerprint density at radius 1 is 1.75 bits per heavy atom. The second kappa shape index (κ2) is 3.41. The SMILES string of the molecule is CCC1C(N)C(C(=O)O)CN1C. The third kappa shape index (κ3) is 1.44. The van der Waals surface area contributed by atoms with E-state index in [9.17, 15) is 4.79 Å². The third-order valence-electron chi connectivity index (χ3n) is 2.70. The zero-order chi connectivity index (χ0) is 9.30. The van der Waals surface area contributed by atoms with Crippen LogP contribution >= 0.6 is 0 Å². The van der Waals surface area contributed by atoms with E-state index in [2.05, 4.69) is 0 Å². The molecule has 0 amide bonds. The topological polar surface area (TPSA) is 66.6 Å². The summed E-state index contributed by atoms with van der Waals surface area (Å²) in [5.41, 5.74) is 5.80. The lowest BCUT2D eigenvalue weighted by atomic mass is 9.98. The predicted molar refractivity (Wildman–Crippen MR) is 45.8 cm³/mol.